The first-order valence-electron chi connectivity index (χ1n) is 11.0. The fourth-order valence-corrected chi connectivity index (χ4v) is 5.04. The Kier molecular flexibility index (Phi) is 6.53. The van der Waals surface area contributed by atoms with E-state index >= 15 is 0 Å². The molecule has 1 saturated heterocycles. The van der Waals surface area contributed by atoms with Crippen LogP contribution >= 0.6 is 11.6 Å². The quantitative estimate of drug-likeness (QED) is 0.723. The van der Waals surface area contributed by atoms with E-state index in [0.29, 0.717) is 29.7 Å². The molecular formula is C23H32ClN3O2. The Labute approximate surface area is 179 Å². The number of halogens is 1. The Morgan fingerprint density at radius 3 is 2.76 bits per heavy atom. The zero-order valence-corrected chi connectivity index (χ0v) is 18.0. The number of ether oxygens (including phenoxy) is 1. The normalized spacial score (nSPS) is 25.0. The number of likely N-dealkylation sites (tertiary alicyclic amines) is 1. The van der Waals surface area contributed by atoms with Gasteiger partial charge in [0.2, 0.25) is 5.91 Å². The van der Waals surface area contributed by atoms with Gasteiger partial charge >= 0.3 is 0 Å². The molecule has 2 heterocycles. The van der Waals surface area contributed by atoms with Crippen molar-refractivity contribution in [3.8, 4) is 5.75 Å². The van der Waals surface area contributed by atoms with Gasteiger partial charge in [-0.3, -0.25) is 4.79 Å². The lowest BCUT2D eigenvalue weighted by molar-refractivity contribution is -0.133. The van der Waals surface area contributed by atoms with E-state index < -0.39 is 0 Å². The highest BCUT2D eigenvalue weighted by molar-refractivity contribution is 6.31. The molecule has 4 rings (SSSR count). The zero-order valence-electron chi connectivity index (χ0n) is 17.3. The van der Waals surface area contributed by atoms with Crippen molar-refractivity contribution >= 4 is 17.5 Å². The van der Waals surface area contributed by atoms with E-state index in [9.17, 15) is 4.79 Å². The monoisotopic (exact) mass is 417 g/mol. The second-order valence-corrected chi connectivity index (χ2v) is 8.92. The fraction of sp³-hybridized carbons (Fsp3) is 0.609. The number of hydrogen-bond donors (Lipinski definition) is 1. The lowest BCUT2D eigenvalue weighted by atomic mass is 9.94. The minimum atomic E-state index is 0.0668. The van der Waals surface area contributed by atoms with Crippen molar-refractivity contribution in [2.24, 2.45) is 5.92 Å². The average Bonchev–Trinajstić information content (AvgIpc) is 3.30. The van der Waals surface area contributed by atoms with E-state index in [1.165, 1.54) is 32.1 Å². The Balaban J connectivity index is 1.29. The summed E-state index contributed by atoms with van der Waals surface area (Å²) >= 11 is 6.53. The summed E-state index contributed by atoms with van der Waals surface area (Å²) in [5.74, 6) is 1.18. The molecule has 2 fully saturated rings. The average molecular weight is 418 g/mol. The van der Waals surface area contributed by atoms with Crippen LogP contribution in [-0.2, 0) is 11.2 Å². The van der Waals surface area contributed by atoms with Crippen molar-refractivity contribution in [2.75, 3.05) is 19.7 Å². The van der Waals surface area contributed by atoms with Gasteiger partial charge in [-0.05, 0) is 50.3 Å². The van der Waals surface area contributed by atoms with Gasteiger partial charge in [0.1, 0.15) is 12.4 Å². The largest absolute Gasteiger partial charge is 0.492 e. The number of amides is 1. The van der Waals surface area contributed by atoms with Crippen LogP contribution in [0.2, 0.25) is 5.02 Å². The molecule has 0 spiro atoms. The molecule has 1 N–H and O–H groups in total. The van der Waals surface area contributed by atoms with E-state index in [0.717, 1.165) is 37.2 Å². The number of hydrogen-bond acceptors (Lipinski definition) is 4. The summed E-state index contributed by atoms with van der Waals surface area (Å²) in [6.45, 7) is 4.44. The van der Waals surface area contributed by atoms with Crippen LogP contribution in [0.1, 0.15) is 51.0 Å². The topological polar surface area (TPSA) is 44.8 Å². The fourth-order valence-electron chi connectivity index (χ4n) is 4.80. The number of benzene rings is 1. The predicted octanol–water partition coefficient (Wildman–Crippen LogP) is 4.16. The smallest absolute Gasteiger partial charge is 0.226 e. The third kappa shape index (κ3) is 4.82. The van der Waals surface area contributed by atoms with Crippen molar-refractivity contribution < 1.29 is 9.53 Å². The van der Waals surface area contributed by atoms with Gasteiger partial charge in [0.25, 0.3) is 0 Å². The number of carbonyl (C=O) groups is 1. The first kappa shape index (κ1) is 20.4. The molecule has 5 nitrogen and oxygen atoms in total. The molecular weight excluding hydrogens is 386 g/mol. The van der Waals surface area contributed by atoms with Crippen LogP contribution in [0.15, 0.2) is 30.6 Å². The van der Waals surface area contributed by atoms with Crippen molar-refractivity contribution in [1.29, 1.82) is 0 Å². The van der Waals surface area contributed by atoms with Gasteiger partial charge in [0, 0.05) is 35.9 Å². The minimum absolute atomic E-state index is 0.0668. The summed E-state index contributed by atoms with van der Waals surface area (Å²) in [6, 6.07) is 6.35. The first-order chi connectivity index (χ1) is 14.1. The number of nitrogens with one attached hydrogen (secondary N) is 1. The van der Waals surface area contributed by atoms with Gasteiger partial charge in [0.15, 0.2) is 0 Å². The summed E-state index contributed by atoms with van der Waals surface area (Å²) < 4.78 is 5.88. The van der Waals surface area contributed by atoms with Crippen LogP contribution in [0.3, 0.4) is 0 Å². The maximum atomic E-state index is 12.9. The molecule has 6 heteroatoms. The molecule has 1 aromatic rings. The van der Waals surface area contributed by atoms with Gasteiger partial charge in [0.05, 0.1) is 12.7 Å². The van der Waals surface area contributed by atoms with Crippen LogP contribution in [0.4, 0.5) is 0 Å². The molecule has 2 unspecified atom stereocenters. The Morgan fingerprint density at radius 1 is 1.21 bits per heavy atom. The Bertz CT molecular complexity index is 748. The van der Waals surface area contributed by atoms with Crippen LogP contribution in [0, 0.1) is 5.92 Å². The number of nitrogens with zero attached hydrogens (tertiary/aromatic N) is 2. The summed E-state index contributed by atoms with van der Waals surface area (Å²) in [6.07, 6.45) is 12.2. The highest BCUT2D eigenvalue weighted by Crippen LogP contribution is 2.32. The second kappa shape index (κ2) is 9.29. The van der Waals surface area contributed by atoms with Gasteiger partial charge in [-0.2, -0.15) is 0 Å². The van der Waals surface area contributed by atoms with Gasteiger partial charge < -0.3 is 19.9 Å². The lowest BCUT2D eigenvalue weighted by Crippen LogP contribution is -2.39. The number of rotatable bonds is 7. The summed E-state index contributed by atoms with van der Waals surface area (Å²) in [4.78, 5) is 17.3. The molecule has 0 radical (unpaired) electrons. The zero-order chi connectivity index (χ0) is 20.2. The van der Waals surface area contributed by atoms with Crippen molar-refractivity contribution in [2.45, 2.75) is 64.1 Å². The summed E-state index contributed by atoms with van der Waals surface area (Å²) in [5.41, 5.74) is 1.04. The molecule has 2 atom stereocenters. The van der Waals surface area contributed by atoms with Crippen molar-refractivity contribution in [1.82, 2.24) is 15.1 Å². The molecule has 29 heavy (non-hydrogen) atoms. The number of carbonyl (C=O) groups excluding carboxylic acids is 1. The van der Waals surface area contributed by atoms with E-state index in [4.69, 9.17) is 16.3 Å². The predicted molar refractivity (Wildman–Crippen MR) is 116 cm³/mol. The van der Waals surface area contributed by atoms with Gasteiger partial charge in [-0.15, -0.1) is 0 Å². The third-order valence-corrected chi connectivity index (χ3v) is 6.93. The van der Waals surface area contributed by atoms with E-state index in [1.807, 2.05) is 30.6 Å². The maximum Gasteiger partial charge on any atom is 0.226 e. The van der Waals surface area contributed by atoms with Crippen LogP contribution in [-0.4, -0.2) is 47.6 Å². The molecule has 3 aliphatic rings. The Hall–Kier alpha value is -1.88. The SMILES string of the molecule is CC1NC=CN1CCOc1ccc(CC2CCN(C3CCCCC3)C2=O)c(Cl)c1. The molecule has 2 aliphatic heterocycles. The van der Waals surface area contributed by atoms with Crippen LogP contribution < -0.4 is 10.1 Å². The maximum absolute atomic E-state index is 12.9. The van der Waals surface area contributed by atoms with Gasteiger partial charge in [-0.25, -0.2) is 0 Å². The van der Waals surface area contributed by atoms with E-state index in [-0.39, 0.29) is 5.92 Å². The van der Waals surface area contributed by atoms with Crippen molar-refractivity contribution in [3.05, 3.63) is 41.2 Å². The molecule has 0 bridgehead atoms. The summed E-state index contributed by atoms with van der Waals surface area (Å²) in [5, 5.41) is 3.93. The van der Waals surface area contributed by atoms with E-state index in [1.54, 1.807) is 0 Å². The lowest BCUT2D eigenvalue weighted by Gasteiger charge is -2.31. The second-order valence-electron chi connectivity index (χ2n) is 8.51. The molecule has 1 aromatic carbocycles. The highest BCUT2D eigenvalue weighted by atomic mass is 35.5. The Morgan fingerprint density at radius 2 is 2.03 bits per heavy atom. The van der Waals surface area contributed by atoms with Gasteiger partial charge in [-0.1, -0.05) is 36.9 Å². The standard InChI is InChI=1S/C23H32ClN3O2/c1-17-25-10-12-26(17)13-14-29-21-8-7-18(22(24)16-21)15-19-9-11-27(23(19)28)20-5-3-2-4-6-20/h7-8,10,12,16-17,19-20,25H,2-6,9,11,13-15H2,1H3. The summed E-state index contributed by atoms with van der Waals surface area (Å²) in [7, 11) is 0. The van der Waals surface area contributed by atoms with Crippen LogP contribution in [0.5, 0.6) is 5.75 Å². The minimum Gasteiger partial charge on any atom is -0.492 e. The molecule has 0 aromatic heterocycles. The van der Waals surface area contributed by atoms with E-state index in [2.05, 4.69) is 22.0 Å². The molecule has 1 aliphatic carbocycles. The molecule has 1 amide bonds. The molecule has 1 saturated carbocycles. The molecule has 158 valence electrons. The van der Waals surface area contributed by atoms with Crippen molar-refractivity contribution in [3.63, 3.8) is 0 Å². The third-order valence-electron chi connectivity index (χ3n) is 6.58. The van der Waals surface area contributed by atoms with Crippen LogP contribution in [0.25, 0.3) is 0 Å². The highest BCUT2D eigenvalue weighted by Gasteiger charge is 2.36. The first-order valence-corrected chi connectivity index (χ1v) is 11.4.